The molecule has 1 heterocycles. The third kappa shape index (κ3) is 7.43. The largest absolute Gasteiger partial charge is 0.394 e. The van der Waals surface area contributed by atoms with Crippen LogP contribution in [0.1, 0.15) is 45.4 Å². The van der Waals surface area contributed by atoms with Gasteiger partial charge in [-0.2, -0.15) is 0 Å². The fourth-order valence-corrected chi connectivity index (χ4v) is 2.51. The normalized spacial score (nSPS) is 31.4. The number of hydrogen-bond donors (Lipinski definition) is 4. The molecule has 0 aromatic heterocycles. The molecular formula is C16H32O7. The van der Waals surface area contributed by atoms with Crippen molar-refractivity contribution >= 4 is 0 Å². The zero-order valence-electron chi connectivity index (χ0n) is 14.0. The molecular weight excluding hydrogens is 304 g/mol. The summed E-state index contributed by atoms with van der Waals surface area (Å²) in [7, 11) is 0. The summed E-state index contributed by atoms with van der Waals surface area (Å²) in [4.78, 5) is 0. The fraction of sp³-hybridized carbons (Fsp3) is 1.00. The SMILES string of the molecule is CCCCCCCCOCCO[C@H]1O[C@H](CO)[C@@H](O)[C@H](O)[C@H]1O. The minimum absolute atomic E-state index is 0.207. The molecule has 0 aromatic carbocycles. The van der Waals surface area contributed by atoms with Gasteiger partial charge in [0, 0.05) is 6.61 Å². The van der Waals surface area contributed by atoms with E-state index in [1.807, 2.05) is 0 Å². The summed E-state index contributed by atoms with van der Waals surface area (Å²) in [5.41, 5.74) is 0. The van der Waals surface area contributed by atoms with Crippen LogP contribution in [0.15, 0.2) is 0 Å². The second-order valence-corrected chi connectivity index (χ2v) is 5.95. The molecule has 0 amide bonds. The molecule has 138 valence electrons. The predicted molar refractivity (Wildman–Crippen MR) is 83.9 cm³/mol. The Labute approximate surface area is 138 Å². The summed E-state index contributed by atoms with van der Waals surface area (Å²) >= 11 is 0. The molecule has 0 spiro atoms. The van der Waals surface area contributed by atoms with Crippen molar-refractivity contribution in [1.29, 1.82) is 0 Å². The Morgan fingerprint density at radius 3 is 2.22 bits per heavy atom. The maximum absolute atomic E-state index is 9.78. The number of aliphatic hydroxyl groups excluding tert-OH is 4. The molecule has 5 atom stereocenters. The molecule has 0 bridgehead atoms. The molecule has 1 aliphatic rings. The highest BCUT2D eigenvalue weighted by Crippen LogP contribution is 2.21. The monoisotopic (exact) mass is 336 g/mol. The Morgan fingerprint density at radius 1 is 0.826 bits per heavy atom. The summed E-state index contributed by atoms with van der Waals surface area (Å²) in [5.74, 6) is 0. The van der Waals surface area contributed by atoms with Gasteiger partial charge in [-0.15, -0.1) is 0 Å². The van der Waals surface area contributed by atoms with Gasteiger partial charge in [0.1, 0.15) is 24.4 Å². The van der Waals surface area contributed by atoms with E-state index in [1.165, 1.54) is 25.7 Å². The third-order valence-corrected chi connectivity index (χ3v) is 4.00. The van der Waals surface area contributed by atoms with Gasteiger partial charge in [0.25, 0.3) is 0 Å². The van der Waals surface area contributed by atoms with E-state index in [9.17, 15) is 15.3 Å². The van der Waals surface area contributed by atoms with E-state index < -0.39 is 37.3 Å². The lowest BCUT2D eigenvalue weighted by Crippen LogP contribution is -2.59. The van der Waals surface area contributed by atoms with E-state index in [1.54, 1.807) is 0 Å². The van der Waals surface area contributed by atoms with Crippen LogP contribution in [-0.2, 0) is 14.2 Å². The molecule has 0 aromatic rings. The Kier molecular flexibility index (Phi) is 11.0. The van der Waals surface area contributed by atoms with Gasteiger partial charge in [-0.3, -0.25) is 0 Å². The van der Waals surface area contributed by atoms with E-state index in [4.69, 9.17) is 19.3 Å². The fourth-order valence-electron chi connectivity index (χ4n) is 2.51. The van der Waals surface area contributed by atoms with Crippen molar-refractivity contribution in [3.05, 3.63) is 0 Å². The quantitative estimate of drug-likeness (QED) is 0.376. The summed E-state index contributed by atoms with van der Waals surface area (Å²) in [5, 5.41) is 38.1. The molecule has 1 rings (SSSR count). The van der Waals surface area contributed by atoms with Crippen molar-refractivity contribution in [1.82, 2.24) is 0 Å². The third-order valence-electron chi connectivity index (χ3n) is 4.00. The summed E-state index contributed by atoms with van der Waals surface area (Å²) < 4.78 is 16.0. The molecule has 0 aliphatic carbocycles. The smallest absolute Gasteiger partial charge is 0.186 e. The Hall–Kier alpha value is -0.280. The van der Waals surface area contributed by atoms with Gasteiger partial charge in [0.15, 0.2) is 6.29 Å². The zero-order valence-corrected chi connectivity index (χ0v) is 14.0. The van der Waals surface area contributed by atoms with Gasteiger partial charge in [-0.1, -0.05) is 39.0 Å². The Bertz CT molecular complexity index is 288. The number of hydrogen-bond acceptors (Lipinski definition) is 7. The molecule has 1 saturated heterocycles. The Balaban J connectivity index is 2.06. The minimum atomic E-state index is -1.41. The van der Waals surface area contributed by atoms with Crippen molar-refractivity contribution in [3.8, 4) is 0 Å². The van der Waals surface area contributed by atoms with Gasteiger partial charge >= 0.3 is 0 Å². The Morgan fingerprint density at radius 2 is 1.52 bits per heavy atom. The van der Waals surface area contributed by atoms with E-state index in [-0.39, 0.29) is 6.61 Å². The van der Waals surface area contributed by atoms with Gasteiger partial charge in [0.05, 0.1) is 19.8 Å². The summed E-state index contributed by atoms with van der Waals surface area (Å²) in [6.45, 7) is 2.98. The van der Waals surface area contributed by atoms with Crippen LogP contribution in [0.2, 0.25) is 0 Å². The lowest BCUT2D eigenvalue weighted by Gasteiger charge is -2.39. The van der Waals surface area contributed by atoms with Crippen LogP contribution in [0.3, 0.4) is 0 Å². The van der Waals surface area contributed by atoms with Crippen LogP contribution in [0, 0.1) is 0 Å². The van der Waals surface area contributed by atoms with Crippen LogP contribution in [0.5, 0.6) is 0 Å². The number of unbranched alkanes of at least 4 members (excludes halogenated alkanes) is 5. The standard InChI is InChI=1S/C16H32O7/c1-2-3-4-5-6-7-8-21-9-10-22-16-15(20)14(19)13(18)12(11-17)23-16/h12-20H,2-11H2,1H3/t12-,13-,14+,15-,16+/m1/s1. The molecule has 23 heavy (non-hydrogen) atoms. The van der Waals surface area contributed by atoms with Gasteiger partial charge < -0.3 is 34.6 Å². The molecule has 7 nitrogen and oxygen atoms in total. The lowest BCUT2D eigenvalue weighted by molar-refractivity contribution is -0.302. The van der Waals surface area contributed by atoms with E-state index in [2.05, 4.69) is 6.92 Å². The van der Waals surface area contributed by atoms with Crippen LogP contribution in [-0.4, -0.2) is 77.6 Å². The summed E-state index contributed by atoms with van der Waals surface area (Å²) in [6.07, 6.45) is 1.07. The van der Waals surface area contributed by atoms with Crippen molar-refractivity contribution in [3.63, 3.8) is 0 Å². The average molecular weight is 336 g/mol. The van der Waals surface area contributed by atoms with Crippen LogP contribution in [0.25, 0.3) is 0 Å². The van der Waals surface area contributed by atoms with Crippen molar-refractivity contribution < 1.29 is 34.6 Å². The van der Waals surface area contributed by atoms with E-state index in [0.717, 1.165) is 12.8 Å². The first-order valence-electron chi connectivity index (χ1n) is 8.61. The number of ether oxygens (including phenoxy) is 3. The van der Waals surface area contributed by atoms with Gasteiger partial charge in [-0.25, -0.2) is 0 Å². The lowest BCUT2D eigenvalue weighted by atomic mass is 9.99. The zero-order chi connectivity index (χ0) is 17.1. The first-order valence-corrected chi connectivity index (χ1v) is 8.61. The van der Waals surface area contributed by atoms with Crippen LogP contribution < -0.4 is 0 Å². The van der Waals surface area contributed by atoms with Crippen LogP contribution >= 0.6 is 0 Å². The minimum Gasteiger partial charge on any atom is -0.394 e. The molecule has 0 unspecified atom stereocenters. The average Bonchev–Trinajstić information content (AvgIpc) is 2.56. The molecule has 7 heteroatoms. The highest BCUT2D eigenvalue weighted by molar-refractivity contribution is 4.88. The highest BCUT2D eigenvalue weighted by atomic mass is 16.7. The second kappa shape index (κ2) is 12.1. The number of aliphatic hydroxyl groups is 4. The van der Waals surface area contributed by atoms with E-state index >= 15 is 0 Å². The van der Waals surface area contributed by atoms with Crippen molar-refractivity contribution in [2.75, 3.05) is 26.4 Å². The van der Waals surface area contributed by atoms with Crippen molar-refractivity contribution in [2.45, 2.75) is 76.2 Å². The van der Waals surface area contributed by atoms with E-state index in [0.29, 0.717) is 13.2 Å². The summed E-state index contributed by atoms with van der Waals surface area (Å²) in [6, 6.07) is 0. The second-order valence-electron chi connectivity index (χ2n) is 5.95. The maximum Gasteiger partial charge on any atom is 0.186 e. The highest BCUT2D eigenvalue weighted by Gasteiger charge is 2.43. The first-order chi connectivity index (χ1) is 11.1. The predicted octanol–water partition coefficient (Wildman–Crippen LogP) is 0.180. The maximum atomic E-state index is 9.78. The molecule has 4 N–H and O–H groups in total. The van der Waals surface area contributed by atoms with Crippen molar-refractivity contribution in [2.24, 2.45) is 0 Å². The van der Waals surface area contributed by atoms with Gasteiger partial charge in [-0.05, 0) is 6.42 Å². The topological polar surface area (TPSA) is 109 Å². The first kappa shape index (κ1) is 20.8. The molecule has 0 radical (unpaired) electrons. The molecule has 1 fully saturated rings. The number of rotatable bonds is 12. The molecule has 1 aliphatic heterocycles. The van der Waals surface area contributed by atoms with Crippen LogP contribution in [0.4, 0.5) is 0 Å². The van der Waals surface area contributed by atoms with Gasteiger partial charge in [0.2, 0.25) is 0 Å². The molecule has 0 saturated carbocycles.